The fourth-order valence-electron chi connectivity index (χ4n) is 2.11. The summed E-state index contributed by atoms with van der Waals surface area (Å²) in [6, 6.07) is -1.12. The molecule has 0 aliphatic carbocycles. The van der Waals surface area contributed by atoms with Crippen LogP contribution in [0.3, 0.4) is 0 Å². The van der Waals surface area contributed by atoms with Crippen molar-refractivity contribution in [3.8, 4) is 0 Å². The Morgan fingerprint density at radius 1 is 1.39 bits per heavy atom. The number of amides is 2. The molecule has 1 atom stereocenters. The van der Waals surface area contributed by atoms with Crippen molar-refractivity contribution >= 4 is 12.0 Å². The highest BCUT2D eigenvalue weighted by molar-refractivity contribution is 5.82. The van der Waals surface area contributed by atoms with E-state index in [9.17, 15) is 9.59 Å². The van der Waals surface area contributed by atoms with Gasteiger partial charge in [0.15, 0.2) is 0 Å². The van der Waals surface area contributed by atoms with E-state index in [0.717, 1.165) is 12.8 Å². The summed E-state index contributed by atoms with van der Waals surface area (Å²) in [4.78, 5) is 24.4. The van der Waals surface area contributed by atoms with Crippen molar-refractivity contribution in [3.05, 3.63) is 0 Å². The Balaban J connectivity index is 2.42. The smallest absolute Gasteiger partial charge is 0.326 e. The number of aliphatic hydroxyl groups excluding tert-OH is 1. The molecule has 0 unspecified atom stereocenters. The van der Waals surface area contributed by atoms with Crippen molar-refractivity contribution in [2.75, 3.05) is 19.7 Å². The van der Waals surface area contributed by atoms with E-state index in [1.807, 2.05) is 6.92 Å². The number of nitrogens with one attached hydrogen (secondary N) is 1. The van der Waals surface area contributed by atoms with Crippen LogP contribution in [0.25, 0.3) is 0 Å². The third-order valence-electron chi connectivity index (χ3n) is 3.33. The summed E-state index contributed by atoms with van der Waals surface area (Å²) in [6.07, 6.45) is 2.70. The largest absolute Gasteiger partial charge is 0.480 e. The molecule has 0 saturated carbocycles. The first-order chi connectivity index (χ1) is 8.58. The number of carbonyl (C=O) groups excluding carboxylic acids is 1. The van der Waals surface area contributed by atoms with Crippen LogP contribution in [0.1, 0.15) is 32.6 Å². The Hall–Kier alpha value is -1.30. The predicted octanol–water partition coefficient (Wildman–Crippen LogP) is 0.654. The van der Waals surface area contributed by atoms with Gasteiger partial charge in [0.25, 0.3) is 0 Å². The van der Waals surface area contributed by atoms with Gasteiger partial charge in [-0.15, -0.1) is 0 Å². The summed E-state index contributed by atoms with van der Waals surface area (Å²) in [6.45, 7) is 3.20. The highest BCUT2D eigenvalue weighted by Gasteiger charge is 2.25. The zero-order valence-corrected chi connectivity index (χ0v) is 10.8. The molecule has 2 amide bonds. The number of hydrogen-bond donors (Lipinski definition) is 3. The van der Waals surface area contributed by atoms with Crippen LogP contribution in [-0.2, 0) is 4.79 Å². The van der Waals surface area contributed by atoms with Gasteiger partial charge in [0.2, 0.25) is 0 Å². The minimum Gasteiger partial charge on any atom is -0.480 e. The third-order valence-corrected chi connectivity index (χ3v) is 3.33. The van der Waals surface area contributed by atoms with Crippen LogP contribution in [0.4, 0.5) is 4.79 Å². The first-order valence-corrected chi connectivity index (χ1v) is 6.47. The molecule has 104 valence electrons. The Morgan fingerprint density at radius 2 is 2.00 bits per heavy atom. The maximum absolute atomic E-state index is 11.9. The lowest BCUT2D eigenvalue weighted by molar-refractivity contribution is -0.139. The maximum Gasteiger partial charge on any atom is 0.326 e. The maximum atomic E-state index is 11.9. The van der Waals surface area contributed by atoms with Crippen LogP contribution in [0.2, 0.25) is 0 Å². The fraction of sp³-hybridized carbons (Fsp3) is 0.833. The molecule has 0 aromatic heterocycles. The summed E-state index contributed by atoms with van der Waals surface area (Å²) in [5.74, 6) is -0.726. The van der Waals surface area contributed by atoms with Crippen LogP contribution in [-0.4, -0.2) is 52.9 Å². The summed E-state index contributed by atoms with van der Waals surface area (Å²) in [5, 5.41) is 20.5. The molecule has 1 heterocycles. The molecule has 1 fully saturated rings. The van der Waals surface area contributed by atoms with Gasteiger partial charge < -0.3 is 20.4 Å². The summed E-state index contributed by atoms with van der Waals surface area (Å²) in [5.41, 5.74) is 0. The van der Waals surface area contributed by atoms with E-state index in [2.05, 4.69) is 5.32 Å². The topological polar surface area (TPSA) is 89.9 Å². The lowest BCUT2D eigenvalue weighted by Crippen LogP contribution is -2.50. The van der Waals surface area contributed by atoms with E-state index in [-0.39, 0.29) is 18.6 Å². The summed E-state index contributed by atoms with van der Waals surface area (Å²) >= 11 is 0. The second-order valence-electron chi connectivity index (χ2n) is 4.74. The number of rotatable bonds is 5. The van der Waals surface area contributed by atoms with Crippen LogP contribution in [0.5, 0.6) is 0 Å². The zero-order valence-electron chi connectivity index (χ0n) is 10.8. The number of piperidine rings is 1. The summed E-state index contributed by atoms with van der Waals surface area (Å²) < 4.78 is 0. The number of aliphatic hydroxyl groups is 1. The molecular weight excluding hydrogens is 236 g/mol. The SMILES string of the molecule is CCC[C@@H](NC(=O)N1CCC(CO)CC1)C(=O)O. The zero-order chi connectivity index (χ0) is 13.5. The van der Waals surface area contributed by atoms with Gasteiger partial charge in [-0.25, -0.2) is 9.59 Å². The van der Waals surface area contributed by atoms with E-state index >= 15 is 0 Å². The van der Waals surface area contributed by atoms with Crippen molar-refractivity contribution in [1.82, 2.24) is 10.2 Å². The molecule has 0 aromatic rings. The Kier molecular flexibility index (Phi) is 5.91. The highest BCUT2D eigenvalue weighted by Crippen LogP contribution is 2.16. The quantitative estimate of drug-likeness (QED) is 0.675. The average molecular weight is 258 g/mol. The molecule has 0 radical (unpaired) electrons. The molecule has 1 saturated heterocycles. The van der Waals surface area contributed by atoms with Crippen molar-refractivity contribution in [2.24, 2.45) is 5.92 Å². The van der Waals surface area contributed by atoms with Gasteiger partial charge in [0.05, 0.1) is 0 Å². The molecule has 0 bridgehead atoms. The number of carboxylic acids is 1. The first-order valence-electron chi connectivity index (χ1n) is 6.47. The molecule has 0 aromatic carbocycles. The number of carbonyl (C=O) groups is 2. The van der Waals surface area contributed by atoms with Gasteiger partial charge in [-0.1, -0.05) is 13.3 Å². The molecule has 1 aliphatic heterocycles. The van der Waals surface area contributed by atoms with E-state index < -0.39 is 12.0 Å². The molecule has 1 aliphatic rings. The van der Waals surface area contributed by atoms with Crippen LogP contribution < -0.4 is 5.32 Å². The number of aliphatic carboxylic acids is 1. The van der Waals surface area contributed by atoms with E-state index in [4.69, 9.17) is 10.2 Å². The van der Waals surface area contributed by atoms with Crippen LogP contribution in [0.15, 0.2) is 0 Å². The molecule has 1 rings (SSSR count). The normalized spacial score (nSPS) is 18.4. The van der Waals surface area contributed by atoms with Gasteiger partial charge in [-0.05, 0) is 25.2 Å². The minimum atomic E-state index is -0.990. The standard InChI is InChI=1S/C12H22N2O4/c1-2-3-10(11(16)17)13-12(18)14-6-4-9(8-15)5-7-14/h9-10,15H,2-8H2,1H3,(H,13,18)(H,16,17)/t10-/m1/s1. The minimum absolute atomic E-state index is 0.156. The number of urea groups is 1. The van der Waals surface area contributed by atoms with Gasteiger partial charge >= 0.3 is 12.0 Å². The molecule has 0 spiro atoms. The van der Waals surface area contributed by atoms with Crippen molar-refractivity contribution in [3.63, 3.8) is 0 Å². The molecule has 18 heavy (non-hydrogen) atoms. The highest BCUT2D eigenvalue weighted by atomic mass is 16.4. The van der Waals surface area contributed by atoms with Gasteiger partial charge in [0, 0.05) is 19.7 Å². The van der Waals surface area contributed by atoms with Crippen molar-refractivity contribution in [1.29, 1.82) is 0 Å². The van der Waals surface area contributed by atoms with Crippen molar-refractivity contribution < 1.29 is 19.8 Å². The van der Waals surface area contributed by atoms with Crippen LogP contribution in [0, 0.1) is 5.92 Å². The fourth-order valence-corrected chi connectivity index (χ4v) is 2.11. The predicted molar refractivity (Wildman–Crippen MR) is 66.2 cm³/mol. The first kappa shape index (κ1) is 14.8. The summed E-state index contributed by atoms with van der Waals surface area (Å²) in [7, 11) is 0. The van der Waals surface area contributed by atoms with Gasteiger partial charge in [-0.3, -0.25) is 0 Å². The average Bonchev–Trinajstić information content (AvgIpc) is 2.38. The second kappa shape index (κ2) is 7.20. The van der Waals surface area contributed by atoms with E-state index in [1.54, 1.807) is 4.90 Å². The number of likely N-dealkylation sites (tertiary alicyclic amines) is 1. The van der Waals surface area contributed by atoms with Crippen molar-refractivity contribution in [2.45, 2.75) is 38.6 Å². The Morgan fingerprint density at radius 3 is 2.44 bits per heavy atom. The lowest BCUT2D eigenvalue weighted by Gasteiger charge is -2.32. The molecule has 6 nitrogen and oxygen atoms in total. The Labute approximate surface area is 107 Å². The Bertz CT molecular complexity index is 288. The van der Waals surface area contributed by atoms with Gasteiger partial charge in [0.1, 0.15) is 6.04 Å². The second-order valence-corrected chi connectivity index (χ2v) is 4.74. The van der Waals surface area contributed by atoms with Crippen LogP contribution >= 0.6 is 0 Å². The van der Waals surface area contributed by atoms with Gasteiger partial charge in [-0.2, -0.15) is 0 Å². The lowest BCUT2D eigenvalue weighted by atomic mass is 9.98. The third kappa shape index (κ3) is 4.18. The number of carboxylic acid groups (broad SMARTS) is 1. The van der Waals surface area contributed by atoms with E-state index in [0.29, 0.717) is 25.9 Å². The number of hydrogen-bond acceptors (Lipinski definition) is 3. The molecule has 6 heteroatoms. The monoisotopic (exact) mass is 258 g/mol. The number of nitrogens with zero attached hydrogens (tertiary/aromatic N) is 1. The molecular formula is C12H22N2O4. The molecule has 3 N–H and O–H groups in total. The van der Waals surface area contributed by atoms with E-state index in [1.165, 1.54) is 0 Å².